The van der Waals surface area contributed by atoms with Crippen molar-refractivity contribution < 1.29 is 9.53 Å². The molecule has 0 unspecified atom stereocenters. The molecule has 2 aromatic carbocycles. The highest BCUT2D eigenvalue weighted by Crippen LogP contribution is 2.29. The second kappa shape index (κ2) is 10.2. The number of fused-ring (bicyclic) bond motifs is 2. The molecule has 0 aliphatic carbocycles. The van der Waals surface area contributed by atoms with Crippen LogP contribution in [0.1, 0.15) is 35.3 Å². The lowest BCUT2D eigenvalue weighted by Gasteiger charge is -2.26. The van der Waals surface area contributed by atoms with E-state index in [1.807, 2.05) is 29.2 Å². The number of hydrogen-bond donors (Lipinski definition) is 1. The van der Waals surface area contributed by atoms with Crippen LogP contribution in [0, 0.1) is 11.8 Å². The Morgan fingerprint density at radius 2 is 2.03 bits per heavy atom. The first-order chi connectivity index (χ1) is 16.7. The fraction of sp³-hybridized carbons (Fsp3) is 0.296. The second-order valence-electron chi connectivity index (χ2n) is 8.30. The number of H-pyrrole nitrogens is 1. The topological polar surface area (TPSA) is 75.3 Å². The van der Waals surface area contributed by atoms with Gasteiger partial charge in [-0.3, -0.25) is 9.59 Å². The van der Waals surface area contributed by atoms with Gasteiger partial charge in [-0.2, -0.15) is 0 Å². The molecule has 0 bridgehead atoms. The fourth-order valence-corrected chi connectivity index (χ4v) is 5.34. The number of unbranched alkanes of at least 4 members (excludes halogenated alkanes) is 1. The molecule has 3 heterocycles. The maximum Gasteiger partial charge on any atom is 0.259 e. The van der Waals surface area contributed by atoms with Crippen molar-refractivity contribution in [2.24, 2.45) is 0 Å². The SMILES string of the molecule is O=C(CCCC#Cc1c(Cc2cc3ccccc3s2)ccc2nc[nH]c(=O)c12)N1CCOCC1. The van der Waals surface area contributed by atoms with Crippen molar-refractivity contribution >= 4 is 38.2 Å². The molecule has 2 aromatic heterocycles. The minimum atomic E-state index is -0.185. The van der Waals surface area contributed by atoms with Crippen LogP contribution in [0.2, 0.25) is 0 Å². The van der Waals surface area contributed by atoms with Crippen molar-refractivity contribution in [2.75, 3.05) is 26.3 Å². The maximum atomic E-state index is 12.7. The van der Waals surface area contributed by atoms with Crippen molar-refractivity contribution in [1.29, 1.82) is 0 Å². The summed E-state index contributed by atoms with van der Waals surface area (Å²) in [5, 5.41) is 1.75. The van der Waals surface area contributed by atoms with E-state index < -0.39 is 0 Å². The molecular formula is C27H25N3O3S. The summed E-state index contributed by atoms with van der Waals surface area (Å²) in [4.78, 5) is 35.1. The summed E-state index contributed by atoms with van der Waals surface area (Å²) in [6.07, 6.45) is 3.87. The molecule has 1 N–H and O–H groups in total. The molecule has 0 radical (unpaired) electrons. The van der Waals surface area contributed by atoms with Crippen LogP contribution in [0.4, 0.5) is 0 Å². The summed E-state index contributed by atoms with van der Waals surface area (Å²) in [5.74, 6) is 6.62. The van der Waals surface area contributed by atoms with Gasteiger partial charge in [-0.05, 0) is 35.6 Å². The van der Waals surface area contributed by atoms with E-state index in [-0.39, 0.29) is 11.5 Å². The van der Waals surface area contributed by atoms with Crippen LogP contribution in [0.5, 0.6) is 0 Å². The van der Waals surface area contributed by atoms with E-state index in [9.17, 15) is 9.59 Å². The van der Waals surface area contributed by atoms with Gasteiger partial charge in [0.1, 0.15) is 0 Å². The molecule has 34 heavy (non-hydrogen) atoms. The van der Waals surface area contributed by atoms with E-state index in [4.69, 9.17) is 4.74 Å². The van der Waals surface area contributed by atoms with Crippen LogP contribution in [0.25, 0.3) is 21.0 Å². The number of benzene rings is 2. The smallest absolute Gasteiger partial charge is 0.259 e. The summed E-state index contributed by atoms with van der Waals surface area (Å²) in [5.41, 5.74) is 2.18. The first-order valence-corrected chi connectivity index (χ1v) is 12.3. The van der Waals surface area contributed by atoms with Crippen molar-refractivity contribution in [3.05, 3.63) is 75.1 Å². The van der Waals surface area contributed by atoms with Gasteiger partial charge in [-0.25, -0.2) is 4.98 Å². The normalized spacial score (nSPS) is 13.7. The zero-order chi connectivity index (χ0) is 23.3. The van der Waals surface area contributed by atoms with Crippen LogP contribution < -0.4 is 5.56 Å². The van der Waals surface area contributed by atoms with Gasteiger partial charge in [0.25, 0.3) is 5.56 Å². The van der Waals surface area contributed by atoms with Crippen LogP contribution in [-0.2, 0) is 16.0 Å². The molecular weight excluding hydrogens is 446 g/mol. The lowest BCUT2D eigenvalue weighted by Crippen LogP contribution is -2.40. The fourth-order valence-electron chi connectivity index (χ4n) is 4.26. The summed E-state index contributed by atoms with van der Waals surface area (Å²) in [6.45, 7) is 2.55. The van der Waals surface area contributed by atoms with Crippen molar-refractivity contribution in [2.45, 2.75) is 25.7 Å². The monoisotopic (exact) mass is 471 g/mol. The van der Waals surface area contributed by atoms with Crippen LogP contribution in [0.3, 0.4) is 0 Å². The molecule has 5 rings (SSSR count). The number of rotatable bonds is 5. The number of morpholine rings is 1. The number of nitrogens with one attached hydrogen (secondary N) is 1. The maximum absolute atomic E-state index is 12.7. The van der Waals surface area contributed by atoms with Gasteiger partial charge in [0.05, 0.1) is 30.4 Å². The number of ether oxygens (including phenoxy) is 1. The Morgan fingerprint density at radius 1 is 1.18 bits per heavy atom. The zero-order valence-electron chi connectivity index (χ0n) is 18.8. The quantitative estimate of drug-likeness (QED) is 0.351. The first-order valence-electron chi connectivity index (χ1n) is 11.5. The Morgan fingerprint density at radius 3 is 2.88 bits per heavy atom. The molecule has 4 aromatic rings. The van der Waals surface area contributed by atoms with E-state index in [2.05, 4.69) is 40.0 Å². The summed E-state index contributed by atoms with van der Waals surface area (Å²) in [6, 6.07) is 14.4. The minimum absolute atomic E-state index is 0.154. The third kappa shape index (κ3) is 4.89. The van der Waals surface area contributed by atoms with Gasteiger partial charge in [-0.15, -0.1) is 11.3 Å². The molecule has 0 saturated carbocycles. The number of nitrogens with zero attached hydrogens (tertiary/aromatic N) is 2. The lowest BCUT2D eigenvalue weighted by atomic mass is 9.99. The van der Waals surface area contributed by atoms with Gasteiger partial charge in [0.2, 0.25) is 5.91 Å². The highest BCUT2D eigenvalue weighted by molar-refractivity contribution is 7.19. The second-order valence-corrected chi connectivity index (χ2v) is 9.47. The molecule has 1 fully saturated rings. The number of amides is 1. The van der Waals surface area contributed by atoms with E-state index in [1.165, 1.54) is 21.3 Å². The Kier molecular flexibility index (Phi) is 6.70. The molecule has 0 atom stereocenters. The summed E-state index contributed by atoms with van der Waals surface area (Å²) in [7, 11) is 0. The van der Waals surface area contributed by atoms with Crippen LogP contribution >= 0.6 is 11.3 Å². The van der Waals surface area contributed by atoms with Gasteiger partial charge in [0, 0.05) is 47.5 Å². The number of carbonyl (C=O) groups excluding carboxylic acids is 1. The average Bonchev–Trinajstić information content (AvgIpc) is 3.28. The van der Waals surface area contributed by atoms with Gasteiger partial charge < -0.3 is 14.6 Å². The Hall–Kier alpha value is -3.47. The molecule has 0 spiro atoms. The largest absolute Gasteiger partial charge is 0.378 e. The molecule has 1 saturated heterocycles. The van der Waals surface area contributed by atoms with Crippen molar-refractivity contribution in [1.82, 2.24) is 14.9 Å². The van der Waals surface area contributed by atoms with E-state index in [0.717, 1.165) is 11.1 Å². The number of thiophene rings is 1. The Balaban J connectivity index is 1.38. The molecule has 1 aliphatic heterocycles. The van der Waals surface area contributed by atoms with Crippen LogP contribution in [0.15, 0.2) is 53.6 Å². The standard InChI is InChI=1S/C27H25N3O3S/c31-25(30-12-14-33-15-13-30)9-3-1-2-7-22-19(10-11-23-26(22)27(32)29-18-28-23)16-21-17-20-6-4-5-8-24(20)34-21/h4-6,8,10-11,17-18H,1,3,9,12-16H2,(H,28,29,32). The van der Waals surface area contributed by atoms with E-state index in [0.29, 0.717) is 62.9 Å². The third-order valence-electron chi connectivity index (χ3n) is 6.01. The Bertz CT molecular complexity index is 1420. The third-order valence-corrected chi connectivity index (χ3v) is 7.12. The number of hydrogen-bond acceptors (Lipinski definition) is 5. The van der Waals surface area contributed by atoms with Crippen LogP contribution in [-0.4, -0.2) is 47.1 Å². The first kappa shape index (κ1) is 22.3. The van der Waals surface area contributed by atoms with Crippen molar-refractivity contribution in [3.8, 4) is 11.8 Å². The van der Waals surface area contributed by atoms with Gasteiger partial charge >= 0.3 is 0 Å². The molecule has 1 amide bonds. The Labute approximate surface area is 201 Å². The summed E-state index contributed by atoms with van der Waals surface area (Å²) < 4.78 is 6.55. The number of carbonyl (C=O) groups is 1. The predicted molar refractivity (Wildman–Crippen MR) is 135 cm³/mol. The molecule has 172 valence electrons. The zero-order valence-corrected chi connectivity index (χ0v) is 19.6. The van der Waals surface area contributed by atoms with E-state index >= 15 is 0 Å². The number of aromatic amines is 1. The van der Waals surface area contributed by atoms with E-state index in [1.54, 1.807) is 11.3 Å². The molecule has 1 aliphatic rings. The lowest BCUT2D eigenvalue weighted by molar-refractivity contribution is -0.135. The summed E-state index contributed by atoms with van der Waals surface area (Å²) >= 11 is 1.76. The molecule has 6 nitrogen and oxygen atoms in total. The van der Waals surface area contributed by atoms with Crippen molar-refractivity contribution in [3.63, 3.8) is 0 Å². The highest BCUT2D eigenvalue weighted by atomic mass is 32.1. The highest BCUT2D eigenvalue weighted by Gasteiger charge is 2.16. The van der Waals surface area contributed by atoms with Gasteiger partial charge in [-0.1, -0.05) is 36.1 Å². The van der Waals surface area contributed by atoms with Gasteiger partial charge in [0.15, 0.2) is 0 Å². The number of aromatic nitrogens is 2. The average molecular weight is 472 g/mol. The minimum Gasteiger partial charge on any atom is -0.378 e. The predicted octanol–water partition coefficient (Wildman–Crippen LogP) is 4.11. The molecule has 7 heteroatoms.